The number of nitrogens with one attached hydrogen (secondary N) is 2. The Morgan fingerprint density at radius 3 is 2.75 bits per heavy atom. The second-order valence-corrected chi connectivity index (χ2v) is 4.52. The average molecular weight is 286 g/mol. The van der Waals surface area contributed by atoms with Crippen LogP contribution in [0.15, 0.2) is 18.2 Å². The van der Waals surface area contributed by atoms with Gasteiger partial charge in [0.05, 0.1) is 7.11 Å². The van der Waals surface area contributed by atoms with E-state index in [-0.39, 0.29) is 17.4 Å². The third kappa shape index (κ3) is 3.80. The van der Waals surface area contributed by atoms with Gasteiger partial charge in [0.25, 0.3) is 0 Å². The van der Waals surface area contributed by atoms with Gasteiger partial charge in [0.2, 0.25) is 5.91 Å². The van der Waals surface area contributed by atoms with Gasteiger partial charge in [-0.3, -0.25) is 4.79 Å². The number of hydrogen-bond donors (Lipinski definition) is 2. The number of carbonyl (C=O) groups is 1. The lowest BCUT2D eigenvalue weighted by atomic mass is 9.99. The van der Waals surface area contributed by atoms with Crippen LogP contribution < -0.4 is 20.1 Å². The van der Waals surface area contributed by atoms with Crippen molar-refractivity contribution in [3.8, 4) is 11.5 Å². The molecular formula is C13H16F2N2O3. The number of halogens is 2. The van der Waals surface area contributed by atoms with E-state index in [0.29, 0.717) is 18.0 Å². The van der Waals surface area contributed by atoms with Crippen molar-refractivity contribution in [3.63, 3.8) is 0 Å². The van der Waals surface area contributed by atoms with E-state index in [1.54, 1.807) is 6.07 Å². The number of benzene rings is 1. The molecule has 1 fully saturated rings. The molecule has 110 valence electrons. The number of methoxy groups -OCH3 is 1. The first-order valence-electron chi connectivity index (χ1n) is 6.22. The Bertz CT molecular complexity index is 479. The number of rotatable bonds is 6. The molecule has 1 aliphatic heterocycles. The standard InChI is InChI=1S/C13H16F2N2O3/c1-19-10-3-2-9(5-11(10)20-13(14)15)17-12(18)4-8-6-16-7-8/h2-3,5,8,13,16H,4,6-7H2,1H3,(H,17,18). The topological polar surface area (TPSA) is 59.6 Å². The van der Waals surface area contributed by atoms with Crippen LogP contribution in [0.3, 0.4) is 0 Å². The highest BCUT2D eigenvalue weighted by Gasteiger charge is 2.20. The van der Waals surface area contributed by atoms with Crippen molar-refractivity contribution in [2.24, 2.45) is 5.92 Å². The fourth-order valence-corrected chi connectivity index (χ4v) is 1.91. The van der Waals surface area contributed by atoms with E-state index in [9.17, 15) is 13.6 Å². The van der Waals surface area contributed by atoms with Crippen LogP contribution in [0.4, 0.5) is 14.5 Å². The number of alkyl halides is 2. The summed E-state index contributed by atoms with van der Waals surface area (Å²) in [5.41, 5.74) is 0.402. The summed E-state index contributed by atoms with van der Waals surface area (Å²) in [5, 5.41) is 5.74. The Hall–Kier alpha value is -1.89. The molecule has 0 bridgehead atoms. The lowest BCUT2D eigenvalue weighted by Gasteiger charge is -2.26. The average Bonchev–Trinajstić information content (AvgIpc) is 2.33. The van der Waals surface area contributed by atoms with Crippen LogP contribution in [-0.4, -0.2) is 32.7 Å². The molecule has 2 rings (SSSR count). The van der Waals surface area contributed by atoms with Crippen LogP contribution in [0.2, 0.25) is 0 Å². The summed E-state index contributed by atoms with van der Waals surface area (Å²) in [6, 6.07) is 4.37. The van der Waals surface area contributed by atoms with Crippen LogP contribution in [-0.2, 0) is 4.79 Å². The van der Waals surface area contributed by atoms with Gasteiger partial charge >= 0.3 is 6.61 Å². The molecule has 5 nitrogen and oxygen atoms in total. The predicted octanol–water partition coefficient (Wildman–Crippen LogP) is 1.84. The van der Waals surface area contributed by atoms with Crippen LogP contribution in [0, 0.1) is 5.92 Å². The Morgan fingerprint density at radius 1 is 1.45 bits per heavy atom. The van der Waals surface area contributed by atoms with Gasteiger partial charge in [-0.25, -0.2) is 0 Å². The zero-order chi connectivity index (χ0) is 14.5. The molecule has 1 saturated heterocycles. The number of ether oxygens (including phenoxy) is 2. The predicted molar refractivity (Wildman–Crippen MR) is 69.2 cm³/mol. The molecule has 7 heteroatoms. The third-order valence-electron chi connectivity index (χ3n) is 3.00. The first-order valence-corrected chi connectivity index (χ1v) is 6.22. The quantitative estimate of drug-likeness (QED) is 0.838. The highest BCUT2D eigenvalue weighted by Crippen LogP contribution is 2.31. The van der Waals surface area contributed by atoms with Gasteiger partial charge in [-0.2, -0.15) is 8.78 Å². The molecular weight excluding hydrogens is 270 g/mol. The number of anilines is 1. The van der Waals surface area contributed by atoms with Gasteiger partial charge < -0.3 is 20.1 Å². The Morgan fingerprint density at radius 2 is 2.20 bits per heavy atom. The second kappa shape index (κ2) is 6.51. The Balaban J connectivity index is 2.01. The second-order valence-electron chi connectivity index (χ2n) is 4.52. The van der Waals surface area contributed by atoms with Crippen molar-refractivity contribution in [1.82, 2.24) is 5.32 Å². The number of hydrogen-bond acceptors (Lipinski definition) is 4. The van der Waals surface area contributed by atoms with E-state index >= 15 is 0 Å². The summed E-state index contributed by atoms with van der Waals surface area (Å²) in [6.45, 7) is -1.29. The van der Waals surface area contributed by atoms with E-state index in [0.717, 1.165) is 13.1 Å². The van der Waals surface area contributed by atoms with Crippen molar-refractivity contribution in [1.29, 1.82) is 0 Å². The van der Waals surface area contributed by atoms with Crippen molar-refractivity contribution in [2.45, 2.75) is 13.0 Å². The van der Waals surface area contributed by atoms with Crippen molar-refractivity contribution in [2.75, 3.05) is 25.5 Å². The molecule has 1 aromatic carbocycles. The molecule has 0 radical (unpaired) electrons. The monoisotopic (exact) mass is 286 g/mol. The molecule has 0 saturated carbocycles. The summed E-state index contributed by atoms with van der Waals surface area (Å²) in [6.07, 6.45) is 0.407. The van der Waals surface area contributed by atoms with Crippen LogP contribution in [0.25, 0.3) is 0 Å². The maximum absolute atomic E-state index is 12.3. The molecule has 1 heterocycles. The fourth-order valence-electron chi connectivity index (χ4n) is 1.91. The van der Waals surface area contributed by atoms with E-state index in [4.69, 9.17) is 4.74 Å². The number of carbonyl (C=O) groups excluding carboxylic acids is 1. The van der Waals surface area contributed by atoms with E-state index in [2.05, 4.69) is 15.4 Å². The van der Waals surface area contributed by atoms with E-state index < -0.39 is 6.61 Å². The minimum absolute atomic E-state index is 0.106. The Kier molecular flexibility index (Phi) is 4.73. The maximum Gasteiger partial charge on any atom is 0.387 e. The maximum atomic E-state index is 12.3. The van der Waals surface area contributed by atoms with Crippen LogP contribution in [0.5, 0.6) is 11.5 Å². The minimum Gasteiger partial charge on any atom is -0.493 e. The van der Waals surface area contributed by atoms with Gasteiger partial charge in [0.15, 0.2) is 11.5 Å². The molecule has 1 aromatic rings. The van der Waals surface area contributed by atoms with Gasteiger partial charge in [-0.05, 0) is 31.1 Å². The molecule has 0 spiro atoms. The number of amides is 1. The molecule has 1 amide bonds. The van der Waals surface area contributed by atoms with Crippen LogP contribution >= 0.6 is 0 Å². The highest BCUT2D eigenvalue weighted by molar-refractivity contribution is 5.91. The van der Waals surface area contributed by atoms with Gasteiger partial charge in [0, 0.05) is 18.2 Å². The highest BCUT2D eigenvalue weighted by atomic mass is 19.3. The minimum atomic E-state index is -2.95. The molecule has 0 atom stereocenters. The first-order chi connectivity index (χ1) is 9.58. The zero-order valence-corrected chi connectivity index (χ0v) is 11.0. The summed E-state index contributed by atoms with van der Waals surface area (Å²) >= 11 is 0. The largest absolute Gasteiger partial charge is 0.493 e. The smallest absolute Gasteiger partial charge is 0.387 e. The van der Waals surface area contributed by atoms with E-state index in [1.165, 1.54) is 19.2 Å². The lowest BCUT2D eigenvalue weighted by Crippen LogP contribution is -2.43. The molecule has 0 aliphatic carbocycles. The lowest BCUT2D eigenvalue weighted by molar-refractivity contribution is -0.117. The molecule has 20 heavy (non-hydrogen) atoms. The molecule has 0 unspecified atom stereocenters. The van der Waals surface area contributed by atoms with Gasteiger partial charge in [-0.15, -0.1) is 0 Å². The summed E-state index contributed by atoms with van der Waals surface area (Å²) in [5.74, 6) is 0.270. The third-order valence-corrected chi connectivity index (χ3v) is 3.00. The van der Waals surface area contributed by atoms with Gasteiger partial charge in [-0.1, -0.05) is 0 Å². The summed E-state index contributed by atoms with van der Waals surface area (Å²) in [7, 11) is 1.36. The van der Waals surface area contributed by atoms with Gasteiger partial charge in [0.1, 0.15) is 0 Å². The summed E-state index contributed by atoms with van der Waals surface area (Å²) < 4.78 is 33.8. The van der Waals surface area contributed by atoms with Crippen molar-refractivity contribution < 1.29 is 23.0 Å². The normalized spacial score (nSPS) is 14.8. The molecule has 2 N–H and O–H groups in total. The van der Waals surface area contributed by atoms with Crippen molar-refractivity contribution >= 4 is 11.6 Å². The molecule has 0 aromatic heterocycles. The SMILES string of the molecule is COc1ccc(NC(=O)CC2CNC2)cc1OC(F)F. The first kappa shape index (κ1) is 14.5. The van der Waals surface area contributed by atoms with E-state index in [1.807, 2.05) is 0 Å². The fraction of sp³-hybridized carbons (Fsp3) is 0.462. The zero-order valence-electron chi connectivity index (χ0n) is 11.0. The summed E-state index contributed by atoms with van der Waals surface area (Å²) in [4.78, 5) is 11.7. The molecule has 1 aliphatic rings. The van der Waals surface area contributed by atoms with Crippen molar-refractivity contribution in [3.05, 3.63) is 18.2 Å². The van der Waals surface area contributed by atoms with Crippen LogP contribution in [0.1, 0.15) is 6.42 Å². The Labute approximate surface area is 115 Å².